The van der Waals surface area contributed by atoms with Crippen LogP contribution in [0.3, 0.4) is 0 Å². The molecule has 0 bridgehead atoms. The standard InChI is InChI=1S/C19H21Cl2N3S/c1-13-3-4-18(14(2)9-13)23-5-7-24(8-6-23)19(25)22-17-11-15(20)10-16(21)12-17/h3-4,9-12H,5-8H2,1-2H3,(H,22,25). The van der Waals surface area contributed by atoms with Gasteiger partial charge in [-0.15, -0.1) is 0 Å². The van der Waals surface area contributed by atoms with Gasteiger partial charge in [0, 0.05) is 47.6 Å². The van der Waals surface area contributed by atoms with Crippen LogP contribution in [0.15, 0.2) is 36.4 Å². The van der Waals surface area contributed by atoms with Crippen LogP contribution in [0.2, 0.25) is 10.0 Å². The van der Waals surface area contributed by atoms with E-state index in [1.807, 2.05) is 12.1 Å². The van der Waals surface area contributed by atoms with E-state index in [-0.39, 0.29) is 0 Å². The molecule has 1 fully saturated rings. The van der Waals surface area contributed by atoms with Crippen molar-refractivity contribution in [3.63, 3.8) is 0 Å². The molecule has 0 saturated carbocycles. The molecule has 0 unspecified atom stereocenters. The van der Waals surface area contributed by atoms with E-state index in [1.54, 1.807) is 6.07 Å². The van der Waals surface area contributed by atoms with Gasteiger partial charge in [0.05, 0.1) is 0 Å². The predicted octanol–water partition coefficient (Wildman–Crippen LogP) is 5.13. The zero-order chi connectivity index (χ0) is 18.0. The number of thiocarbonyl (C=S) groups is 1. The van der Waals surface area contributed by atoms with Gasteiger partial charge >= 0.3 is 0 Å². The lowest BCUT2D eigenvalue weighted by atomic mass is 10.1. The summed E-state index contributed by atoms with van der Waals surface area (Å²) in [7, 11) is 0. The maximum absolute atomic E-state index is 6.04. The topological polar surface area (TPSA) is 18.5 Å². The number of halogens is 2. The molecule has 0 amide bonds. The van der Waals surface area contributed by atoms with Gasteiger partial charge in [0.2, 0.25) is 0 Å². The minimum absolute atomic E-state index is 0.595. The van der Waals surface area contributed by atoms with Gasteiger partial charge in [-0.25, -0.2) is 0 Å². The Bertz CT molecular complexity index is 766. The number of nitrogens with zero attached hydrogens (tertiary/aromatic N) is 2. The second kappa shape index (κ2) is 7.81. The van der Waals surface area contributed by atoms with Gasteiger partial charge < -0.3 is 15.1 Å². The molecule has 6 heteroatoms. The summed E-state index contributed by atoms with van der Waals surface area (Å²) >= 11 is 17.6. The minimum Gasteiger partial charge on any atom is -0.368 e. The molecule has 0 aromatic heterocycles. The number of rotatable bonds is 2. The van der Waals surface area contributed by atoms with E-state index >= 15 is 0 Å². The molecular weight excluding hydrogens is 373 g/mol. The van der Waals surface area contributed by atoms with Gasteiger partial charge in [-0.3, -0.25) is 0 Å². The summed E-state index contributed by atoms with van der Waals surface area (Å²) in [6.45, 7) is 7.95. The molecule has 25 heavy (non-hydrogen) atoms. The van der Waals surface area contributed by atoms with E-state index < -0.39 is 0 Å². The quantitative estimate of drug-likeness (QED) is 0.712. The third-order valence-electron chi connectivity index (χ3n) is 4.37. The third-order valence-corrected chi connectivity index (χ3v) is 5.17. The Morgan fingerprint density at radius 1 is 0.960 bits per heavy atom. The smallest absolute Gasteiger partial charge is 0.173 e. The molecule has 3 rings (SSSR count). The van der Waals surface area contributed by atoms with Crippen LogP contribution in [-0.4, -0.2) is 36.2 Å². The van der Waals surface area contributed by atoms with E-state index in [0.717, 1.165) is 31.9 Å². The number of aryl methyl sites for hydroxylation is 2. The zero-order valence-electron chi connectivity index (χ0n) is 14.4. The van der Waals surface area contributed by atoms with Gasteiger partial charge in [0.1, 0.15) is 0 Å². The third kappa shape index (κ3) is 4.57. The average molecular weight is 394 g/mol. The van der Waals surface area contributed by atoms with Crippen molar-refractivity contribution in [3.8, 4) is 0 Å². The van der Waals surface area contributed by atoms with Crippen LogP contribution < -0.4 is 10.2 Å². The average Bonchev–Trinajstić information content (AvgIpc) is 2.54. The number of benzene rings is 2. The summed E-state index contributed by atoms with van der Waals surface area (Å²) in [5.74, 6) is 0. The number of piperazine rings is 1. The van der Waals surface area contributed by atoms with Crippen molar-refractivity contribution in [1.82, 2.24) is 4.90 Å². The second-order valence-electron chi connectivity index (χ2n) is 6.35. The van der Waals surface area contributed by atoms with Gasteiger partial charge in [0.25, 0.3) is 0 Å². The molecule has 1 N–H and O–H groups in total. The fourth-order valence-electron chi connectivity index (χ4n) is 3.14. The van der Waals surface area contributed by atoms with Gasteiger partial charge in [-0.2, -0.15) is 0 Å². The highest BCUT2D eigenvalue weighted by Crippen LogP contribution is 2.24. The summed E-state index contributed by atoms with van der Waals surface area (Å²) in [5, 5.41) is 5.13. The first-order valence-electron chi connectivity index (χ1n) is 8.26. The van der Waals surface area contributed by atoms with Crippen molar-refractivity contribution in [2.45, 2.75) is 13.8 Å². The maximum atomic E-state index is 6.04. The minimum atomic E-state index is 0.595. The lowest BCUT2D eigenvalue weighted by molar-refractivity contribution is 0.390. The van der Waals surface area contributed by atoms with Crippen LogP contribution in [0.25, 0.3) is 0 Å². The highest BCUT2D eigenvalue weighted by atomic mass is 35.5. The Morgan fingerprint density at radius 3 is 2.20 bits per heavy atom. The second-order valence-corrected chi connectivity index (χ2v) is 7.61. The van der Waals surface area contributed by atoms with Gasteiger partial charge in [-0.05, 0) is 55.9 Å². The highest BCUT2D eigenvalue weighted by molar-refractivity contribution is 7.80. The first-order chi connectivity index (χ1) is 11.9. The van der Waals surface area contributed by atoms with E-state index in [9.17, 15) is 0 Å². The molecule has 1 aliphatic rings. The summed E-state index contributed by atoms with van der Waals surface area (Å²) in [5.41, 5.74) is 4.75. The lowest BCUT2D eigenvalue weighted by Gasteiger charge is -2.38. The molecule has 1 heterocycles. The van der Waals surface area contributed by atoms with Gasteiger partial charge in [-0.1, -0.05) is 40.9 Å². The molecule has 3 nitrogen and oxygen atoms in total. The molecule has 0 aliphatic carbocycles. The monoisotopic (exact) mass is 393 g/mol. The van der Waals surface area contributed by atoms with E-state index in [0.29, 0.717) is 15.2 Å². The molecule has 2 aromatic rings. The Morgan fingerprint density at radius 2 is 1.60 bits per heavy atom. The van der Waals surface area contributed by atoms with Crippen LogP contribution in [0, 0.1) is 13.8 Å². The van der Waals surface area contributed by atoms with Crippen LogP contribution in [0.5, 0.6) is 0 Å². The van der Waals surface area contributed by atoms with Crippen molar-refractivity contribution in [2.75, 3.05) is 36.4 Å². The normalized spacial score (nSPS) is 14.6. The van der Waals surface area contributed by atoms with Crippen molar-refractivity contribution in [2.24, 2.45) is 0 Å². The predicted molar refractivity (Wildman–Crippen MR) is 112 cm³/mol. The molecule has 1 saturated heterocycles. The first-order valence-corrected chi connectivity index (χ1v) is 9.43. The number of hydrogen-bond donors (Lipinski definition) is 1. The Labute approximate surface area is 164 Å². The summed E-state index contributed by atoms with van der Waals surface area (Å²) in [6.07, 6.45) is 0. The summed E-state index contributed by atoms with van der Waals surface area (Å²) in [4.78, 5) is 4.61. The van der Waals surface area contributed by atoms with Crippen LogP contribution in [0.4, 0.5) is 11.4 Å². The number of nitrogens with one attached hydrogen (secondary N) is 1. The Hall–Kier alpha value is -1.49. The number of anilines is 2. The Balaban J connectivity index is 1.60. The fourth-order valence-corrected chi connectivity index (χ4v) is 3.97. The molecule has 2 aromatic carbocycles. The van der Waals surface area contributed by atoms with E-state index in [2.05, 4.69) is 47.2 Å². The first kappa shape index (κ1) is 18.3. The number of hydrogen-bond acceptors (Lipinski definition) is 2. The highest BCUT2D eigenvalue weighted by Gasteiger charge is 2.20. The summed E-state index contributed by atoms with van der Waals surface area (Å²) < 4.78 is 0. The van der Waals surface area contributed by atoms with Crippen molar-refractivity contribution in [1.29, 1.82) is 0 Å². The van der Waals surface area contributed by atoms with Crippen LogP contribution in [-0.2, 0) is 0 Å². The summed E-state index contributed by atoms with van der Waals surface area (Å²) in [6, 6.07) is 12.0. The van der Waals surface area contributed by atoms with Gasteiger partial charge in [0.15, 0.2) is 5.11 Å². The molecule has 0 spiro atoms. The Kier molecular flexibility index (Phi) is 5.72. The maximum Gasteiger partial charge on any atom is 0.173 e. The molecule has 132 valence electrons. The zero-order valence-corrected chi connectivity index (χ0v) is 16.7. The van der Waals surface area contributed by atoms with Crippen LogP contribution in [0.1, 0.15) is 11.1 Å². The van der Waals surface area contributed by atoms with Crippen molar-refractivity contribution < 1.29 is 0 Å². The lowest BCUT2D eigenvalue weighted by Crippen LogP contribution is -2.50. The van der Waals surface area contributed by atoms with E-state index in [1.165, 1.54) is 16.8 Å². The van der Waals surface area contributed by atoms with E-state index in [4.69, 9.17) is 35.4 Å². The molecule has 0 atom stereocenters. The molecule has 0 radical (unpaired) electrons. The van der Waals surface area contributed by atoms with Crippen molar-refractivity contribution in [3.05, 3.63) is 57.6 Å². The largest absolute Gasteiger partial charge is 0.368 e. The van der Waals surface area contributed by atoms with Crippen molar-refractivity contribution >= 4 is 51.9 Å². The molecular formula is C19H21Cl2N3S. The molecule has 1 aliphatic heterocycles. The van der Waals surface area contributed by atoms with Crippen LogP contribution >= 0.6 is 35.4 Å². The fraction of sp³-hybridized carbons (Fsp3) is 0.316. The SMILES string of the molecule is Cc1ccc(N2CCN(C(=S)Nc3cc(Cl)cc(Cl)c3)CC2)c(C)c1.